The van der Waals surface area contributed by atoms with Crippen LogP contribution in [0.3, 0.4) is 0 Å². The number of benzene rings is 2. The van der Waals surface area contributed by atoms with Gasteiger partial charge in [0, 0.05) is 23.2 Å². The number of aliphatic carboxylic acids is 1. The average Bonchev–Trinajstić information content (AvgIpc) is 3.26. The van der Waals surface area contributed by atoms with E-state index >= 15 is 0 Å². The van der Waals surface area contributed by atoms with Crippen LogP contribution in [0.2, 0.25) is 5.02 Å². The molecule has 1 atom stereocenters. The number of halogens is 1. The molecule has 1 heterocycles. The fourth-order valence-corrected chi connectivity index (χ4v) is 5.50. The van der Waals surface area contributed by atoms with Crippen LogP contribution >= 0.6 is 11.6 Å². The second-order valence-corrected chi connectivity index (χ2v) is 11.4. The quantitative estimate of drug-likeness (QED) is 0.448. The number of nitrogens with zero attached hydrogens (tertiary/aromatic N) is 2. The molecule has 0 radical (unpaired) electrons. The zero-order chi connectivity index (χ0) is 26.6. The van der Waals surface area contributed by atoms with E-state index in [0.717, 1.165) is 36.9 Å². The first kappa shape index (κ1) is 27.0. The van der Waals surface area contributed by atoms with Crippen molar-refractivity contribution in [1.82, 2.24) is 10.2 Å². The number of hydrogen-bond donors (Lipinski definition) is 2. The molecule has 1 unspecified atom stereocenters. The molecule has 198 valence electrons. The van der Waals surface area contributed by atoms with Crippen LogP contribution in [0.25, 0.3) is 0 Å². The zero-order valence-corrected chi connectivity index (χ0v) is 22.5. The van der Waals surface area contributed by atoms with Crippen molar-refractivity contribution >= 4 is 35.2 Å². The number of aliphatic imine (C=N–C) groups is 1. The topological polar surface area (TPSA) is 91.2 Å². The Balaban J connectivity index is 1.55. The van der Waals surface area contributed by atoms with Crippen molar-refractivity contribution in [2.75, 3.05) is 13.2 Å². The number of carboxylic acid groups (broad SMARTS) is 1. The summed E-state index contributed by atoms with van der Waals surface area (Å²) in [5.74, 6) is -0.530. The van der Waals surface area contributed by atoms with Gasteiger partial charge in [0.05, 0.1) is 18.2 Å². The van der Waals surface area contributed by atoms with Crippen LogP contribution in [0, 0.1) is 11.3 Å². The first-order valence-electron chi connectivity index (χ1n) is 13.0. The molecule has 2 fully saturated rings. The average molecular weight is 526 g/mol. The number of carboxylic acids is 1. The zero-order valence-electron chi connectivity index (χ0n) is 21.7. The summed E-state index contributed by atoms with van der Waals surface area (Å²) in [6.45, 7) is 7.55. The van der Waals surface area contributed by atoms with Crippen LogP contribution in [-0.2, 0) is 9.53 Å². The number of amides is 1. The maximum absolute atomic E-state index is 12.4. The van der Waals surface area contributed by atoms with E-state index in [4.69, 9.17) is 26.4 Å². The van der Waals surface area contributed by atoms with Crippen molar-refractivity contribution in [2.45, 2.75) is 65.0 Å². The van der Waals surface area contributed by atoms with Gasteiger partial charge in [-0.25, -0.2) is 0 Å². The van der Waals surface area contributed by atoms with Crippen LogP contribution in [0.15, 0.2) is 53.5 Å². The molecule has 1 amide bonds. The summed E-state index contributed by atoms with van der Waals surface area (Å²) >= 11 is 6.20. The lowest BCUT2D eigenvalue weighted by Gasteiger charge is -2.41. The highest BCUT2D eigenvalue weighted by Crippen LogP contribution is 2.42. The predicted octanol–water partition coefficient (Wildman–Crippen LogP) is 6.21. The molecule has 1 aliphatic carbocycles. The van der Waals surface area contributed by atoms with Crippen LogP contribution < -0.4 is 5.32 Å². The van der Waals surface area contributed by atoms with Crippen molar-refractivity contribution in [3.8, 4) is 0 Å². The highest BCUT2D eigenvalue weighted by molar-refractivity contribution is 6.30. The van der Waals surface area contributed by atoms with E-state index in [2.05, 4.69) is 31.0 Å². The fraction of sp³-hybridized carbons (Fsp3) is 0.483. The normalized spacial score (nSPS) is 23.1. The van der Waals surface area contributed by atoms with Crippen LogP contribution in [-0.4, -0.2) is 47.1 Å². The molecule has 0 bridgehead atoms. The minimum atomic E-state index is -0.941. The summed E-state index contributed by atoms with van der Waals surface area (Å²) in [5, 5.41) is 12.1. The van der Waals surface area contributed by atoms with Gasteiger partial charge in [-0.05, 0) is 72.9 Å². The van der Waals surface area contributed by atoms with Crippen molar-refractivity contribution in [3.63, 3.8) is 0 Å². The minimum absolute atomic E-state index is 0.0155. The maximum atomic E-state index is 12.4. The standard InChI is InChI=1S/C29H36ClN3O4/c1-29(2,3)21-11-13-24(14-12-21)33-25(18-37-28(33)32-23-6-4-5-22(30)17-23)19-7-9-20(10-8-19)27(36)31-16-15-26(34)35/h4-10,17,21,24-25H,11-16,18H2,1-3H3,(H,31,36)(H,34,35). The second-order valence-electron chi connectivity index (χ2n) is 11.0. The summed E-state index contributed by atoms with van der Waals surface area (Å²) in [6, 6.07) is 15.8. The van der Waals surface area contributed by atoms with Crippen LogP contribution in [0.4, 0.5) is 5.69 Å². The van der Waals surface area contributed by atoms with Crippen molar-refractivity contribution < 1.29 is 19.4 Å². The third-order valence-electron chi connectivity index (χ3n) is 7.46. The van der Waals surface area contributed by atoms with E-state index in [1.165, 1.54) is 0 Å². The Morgan fingerprint density at radius 1 is 1.11 bits per heavy atom. The number of nitrogens with one attached hydrogen (secondary N) is 1. The Morgan fingerprint density at radius 3 is 2.43 bits per heavy atom. The first-order chi connectivity index (χ1) is 17.6. The summed E-state index contributed by atoms with van der Waals surface area (Å²) < 4.78 is 6.17. The molecule has 0 aromatic heterocycles. The van der Waals surface area contributed by atoms with Crippen molar-refractivity contribution in [2.24, 2.45) is 16.3 Å². The van der Waals surface area contributed by atoms with E-state index in [1.807, 2.05) is 36.4 Å². The molecule has 2 aliphatic rings. The molecule has 37 heavy (non-hydrogen) atoms. The molecule has 1 saturated heterocycles. The molecular formula is C29H36ClN3O4. The van der Waals surface area contributed by atoms with E-state index in [9.17, 15) is 9.59 Å². The maximum Gasteiger partial charge on any atom is 0.305 e. The highest BCUT2D eigenvalue weighted by Gasteiger charge is 2.40. The molecule has 2 aromatic carbocycles. The second kappa shape index (κ2) is 11.5. The van der Waals surface area contributed by atoms with Gasteiger partial charge in [-0.2, -0.15) is 4.99 Å². The van der Waals surface area contributed by atoms with Gasteiger partial charge in [-0.15, -0.1) is 0 Å². The van der Waals surface area contributed by atoms with E-state index < -0.39 is 5.97 Å². The number of amidine groups is 1. The Kier molecular flexibility index (Phi) is 8.42. The van der Waals surface area contributed by atoms with Gasteiger partial charge in [0.25, 0.3) is 11.9 Å². The Bertz CT molecular complexity index is 1130. The lowest BCUT2D eigenvalue weighted by atomic mass is 9.71. The minimum Gasteiger partial charge on any atom is -0.481 e. The third kappa shape index (κ3) is 6.83. The molecule has 4 rings (SSSR count). The van der Waals surface area contributed by atoms with Gasteiger partial charge < -0.3 is 20.1 Å². The van der Waals surface area contributed by atoms with Crippen molar-refractivity contribution in [1.29, 1.82) is 0 Å². The van der Waals surface area contributed by atoms with E-state index in [0.29, 0.717) is 40.6 Å². The monoisotopic (exact) mass is 525 g/mol. The smallest absolute Gasteiger partial charge is 0.305 e. The molecule has 7 nitrogen and oxygen atoms in total. The molecule has 2 aromatic rings. The largest absolute Gasteiger partial charge is 0.481 e. The number of hydrogen-bond acceptors (Lipinski definition) is 4. The molecular weight excluding hydrogens is 490 g/mol. The van der Waals surface area contributed by atoms with Gasteiger partial charge in [0.1, 0.15) is 6.61 Å². The molecule has 1 aliphatic heterocycles. The SMILES string of the molecule is CC(C)(C)C1CCC(N2C(=Nc3cccc(Cl)c3)OCC2c2ccc(C(=O)NCCC(=O)O)cc2)CC1. The van der Waals surface area contributed by atoms with Gasteiger partial charge >= 0.3 is 5.97 Å². The molecule has 8 heteroatoms. The van der Waals surface area contributed by atoms with Gasteiger partial charge in [0.15, 0.2) is 0 Å². The van der Waals surface area contributed by atoms with E-state index in [-0.39, 0.29) is 24.9 Å². The number of carbonyl (C=O) groups excluding carboxylic acids is 1. The van der Waals surface area contributed by atoms with Gasteiger partial charge in [-0.3, -0.25) is 9.59 Å². The van der Waals surface area contributed by atoms with Crippen LogP contribution in [0.1, 0.15) is 74.8 Å². The number of carbonyl (C=O) groups is 2. The molecule has 1 saturated carbocycles. The number of ether oxygens (including phenoxy) is 1. The van der Waals surface area contributed by atoms with Gasteiger partial charge in [0.2, 0.25) is 0 Å². The summed E-state index contributed by atoms with van der Waals surface area (Å²) in [4.78, 5) is 30.3. The van der Waals surface area contributed by atoms with Crippen molar-refractivity contribution in [3.05, 3.63) is 64.7 Å². The van der Waals surface area contributed by atoms with Crippen LogP contribution in [0.5, 0.6) is 0 Å². The molecule has 0 spiro atoms. The highest BCUT2D eigenvalue weighted by atomic mass is 35.5. The predicted molar refractivity (Wildman–Crippen MR) is 145 cm³/mol. The Hall–Kier alpha value is -3.06. The summed E-state index contributed by atoms with van der Waals surface area (Å²) in [5.41, 5.74) is 2.60. The van der Waals surface area contributed by atoms with Gasteiger partial charge in [-0.1, -0.05) is 50.6 Å². The Morgan fingerprint density at radius 2 is 1.81 bits per heavy atom. The lowest BCUT2D eigenvalue weighted by Crippen LogP contribution is -2.42. The lowest BCUT2D eigenvalue weighted by molar-refractivity contribution is -0.136. The fourth-order valence-electron chi connectivity index (χ4n) is 5.32. The number of rotatable bonds is 7. The third-order valence-corrected chi connectivity index (χ3v) is 7.69. The first-order valence-corrected chi connectivity index (χ1v) is 13.3. The molecule has 2 N–H and O–H groups in total. The summed E-state index contributed by atoms with van der Waals surface area (Å²) in [7, 11) is 0. The summed E-state index contributed by atoms with van der Waals surface area (Å²) in [6.07, 6.45) is 4.36. The van der Waals surface area contributed by atoms with E-state index in [1.54, 1.807) is 12.1 Å². The Labute approximate surface area is 223 Å².